The molecule has 1 spiro atoms. The Morgan fingerprint density at radius 1 is 1.31 bits per heavy atom. The first-order valence-corrected chi connectivity index (χ1v) is 9.66. The van der Waals surface area contributed by atoms with Crippen molar-refractivity contribution in [2.45, 2.75) is 51.2 Å². The molecule has 1 unspecified atom stereocenters. The molecule has 0 bridgehead atoms. The number of nitrogens with zero attached hydrogens (tertiary/aromatic N) is 6. The Balaban J connectivity index is 1.72. The fourth-order valence-electron chi connectivity index (χ4n) is 4.27. The first kappa shape index (κ1) is 19.0. The molecule has 1 aromatic rings. The van der Waals surface area contributed by atoms with E-state index in [-0.39, 0.29) is 11.4 Å². The largest absolute Gasteiger partial charge is 0.339 e. The van der Waals surface area contributed by atoms with Crippen LogP contribution in [0.4, 0.5) is 0 Å². The van der Waals surface area contributed by atoms with Crippen LogP contribution in [-0.4, -0.2) is 80.7 Å². The van der Waals surface area contributed by atoms with Gasteiger partial charge in [-0.25, -0.2) is 0 Å². The molecule has 7 heteroatoms. The van der Waals surface area contributed by atoms with Gasteiger partial charge in [0.15, 0.2) is 0 Å². The highest BCUT2D eigenvalue weighted by Crippen LogP contribution is 2.32. The molecule has 1 atom stereocenters. The van der Waals surface area contributed by atoms with Gasteiger partial charge < -0.3 is 9.47 Å². The van der Waals surface area contributed by atoms with Gasteiger partial charge in [0.1, 0.15) is 12.2 Å². The maximum absolute atomic E-state index is 12.4. The van der Waals surface area contributed by atoms with Gasteiger partial charge in [-0.2, -0.15) is 0 Å². The normalized spacial score (nSPS) is 25.8. The smallest absolute Gasteiger partial charge is 0.222 e. The quantitative estimate of drug-likeness (QED) is 0.746. The average molecular weight is 361 g/mol. The molecular formula is C19H32N6O. The van der Waals surface area contributed by atoms with E-state index in [0.29, 0.717) is 19.0 Å². The number of piperazine rings is 1. The number of carbonyl (C=O) groups excluding carboxylic acids is 1. The second-order valence-electron chi connectivity index (χ2n) is 7.98. The van der Waals surface area contributed by atoms with Gasteiger partial charge >= 0.3 is 0 Å². The first-order valence-electron chi connectivity index (χ1n) is 9.66. The monoisotopic (exact) mass is 360 g/mol. The number of aromatic nitrogens is 3. The van der Waals surface area contributed by atoms with E-state index < -0.39 is 0 Å². The van der Waals surface area contributed by atoms with E-state index in [1.807, 2.05) is 17.3 Å². The summed E-state index contributed by atoms with van der Waals surface area (Å²) in [6, 6.07) is 0.365. The molecule has 144 valence electrons. The highest BCUT2D eigenvalue weighted by Gasteiger charge is 2.42. The molecule has 2 aliphatic heterocycles. The number of hydrogen-bond donors (Lipinski definition) is 0. The molecule has 0 aliphatic carbocycles. The van der Waals surface area contributed by atoms with Crippen LogP contribution in [0, 0.1) is 0 Å². The lowest BCUT2D eigenvalue weighted by Gasteiger charge is -2.49. The second-order valence-corrected chi connectivity index (χ2v) is 7.98. The van der Waals surface area contributed by atoms with Crippen molar-refractivity contribution in [1.29, 1.82) is 0 Å². The number of hydrogen-bond acceptors (Lipinski definition) is 5. The van der Waals surface area contributed by atoms with Gasteiger partial charge in [0.2, 0.25) is 5.91 Å². The average Bonchev–Trinajstić information content (AvgIpc) is 3.02. The van der Waals surface area contributed by atoms with E-state index in [1.165, 1.54) is 0 Å². The molecule has 26 heavy (non-hydrogen) atoms. The minimum Gasteiger partial charge on any atom is -0.339 e. The number of likely N-dealkylation sites (tertiary alicyclic amines) is 1. The van der Waals surface area contributed by atoms with E-state index in [0.717, 1.165) is 51.4 Å². The van der Waals surface area contributed by atoms with Crippen LogP contribution in [0.25, 0.3) is 0 Å². The van der Waals surface area contributed by atoms with Gasteiger partial charge in [-0.3, -0.25) is 14.6 Å². The number of amides is 1. The zero-order valence-electron chi connectivity index (χ0n) is 16.4. The van der Waals surface area contributed by atoms with E-state index in [9.17, 15) is 4.79 Å². The second kappa shape index (κ2) is 7.88. The molecule has 0 aromatic carbocycles. The molecule has 7 nitrogen and oxygen atoms in total. The summed E-state index contributed by atoms with van der Waals surface area (Å²) in [4.78, 5) is 19.3. The Morgan fingerprint density at radius 2 is 2.12 bits per heavy atom. The number of rotatable bonds is 5. The highest BCUT2D eigenvalue weighted by atomic mass is 16.2. The minimum absolute atomic E-state index is 0.0620. The van der Waals surface area contributed by atoms with Crippen LogP contribution < -0.4 is 0 Å². The van der Waals surface area contributed by atoms with Crippen molar-refractivity contribution < 1.29 is 4.79 Å². The van der Waals surface area contributed by atoms with E-state index in [4.69, 9.17) is 0 Å². The van der Waals surface area contributed by atoms with Crippen LogP contribution in [-0.2, 0) is 11.3 Å². The third-order valence-electron chi connectivity index (χ3n) is 6.00. The summed E-state index contributed by atoms with van der Waals surface area (Å²) < 4.78 is 2.15. The molecule has 3 heterocycles. The van der Waals surface area contributed by atoms with Crippen molar-refractivity contribution in [2.24, 2.45) is 0 Å². The number of carbonyl (C=O) groups is 1. The predicted molar refractivity (Wildman–Crippen MR) is 102 cm³/mol. The molecular weight excluding hydrogens is 328 g/mol. The van der Waals surface area contributed by atoms with Crippen molar-refractivity contribution in [3.05, 3.63) is 24.8 Å². The van der Waals surface area contributed by atoms with Gasteiger partial charge in [-0.05, 0) is 33.7 Å². The van der Waals surface area contributed by atoms with E-state index in [2.05, 4.69) is 52.0 Å². The number of likely N-dealkylation sites (N-methyl/N-ethyl adjacent to an activating group) is 1. The molecule has 2 aliphatic rings. The van der Waals surface area contributed by atoms with Gasteiger partial charge in [0.25, 0.3) is 0 Å². The Morgan fingerprint density at radius 3 is 2.85 bits per heavy atom. The van der Waals surface area contributed by atoms with Crippen molar-refractivity contribution in [3.63, 3.8) is 0 Å². The Bertz CT molecular complexity index is 642. The predicted octanol–water partition coefficient (Wildman–Crippen LogP) is 1.54. The van der Waals surface area contributed by atoms with Crippen molar-refractivity contribution in [1.82, 2.24) is 29.5 Å². The molecule has 1 amide bonds. The first-order chi connectivity index (χ1) is 12.4. The zero-order valence-corrected chi connectivity index (χ0v) is 16.4. The lowest BCUT2D eigenvalue weighted by molar-refractivity contribution is -0.130. The summed E-state index contributed by atoms with van der Waals surface area (Å²) in [6.07, 6.45) is 6.20. The molecule has 2 saturated heterocycles. The Kier molecular flexibility index (Phi) is 5.77. The van der Waals surface area contributed by atoms with Gasteiger partial charge in [-0.15, -0.1) is 16.8 Å². The minimum atomic E-state index is 0.0620. The molecule has 0 saturated carbocycles. The van der Waals surface area contributed by atoms with Crippen LogP contribution >= 0.6 is 0 Å². The molecule has 0 N–H and O–H groups in total. The third-order valence-corrected chi connectivity index (χ3v) is 6.00. The fraction of sp³-hybridized carbons (Fsp3) is 0.737. The summed E-state index contributed by atoms with van der Waals surface area (Å²) in [6.45, 7) is 13.4. The van der Waals surface area contributed by atoms with Crippen LogP contribution in [0.15, 0.2) is 19.0 Å². The van der Waals surface area contributed by atoms with E-state index >= 15 is 0 Å². The third kappa shape index (κ3) is 3.83. The molecule has 0 radical (unpaired) electrons. The summed E-state index contributed by atoms with van der Waals surface area (Å²) in [7, 11) is 2.21. The SMILES string of the molecule is C=CCN1CCC2(CCC1=O)CN(Cc1nncn1C(C)C)CCN2C. The summed E-state index contributed by atoms with van der Waals surface area (Å²) >= 11 is 0. The fourth-order valence-corrected chi connectivity index (χ4v) is 4.27. The van der Waals surface area contributed by atoms with Crippen molar-refractivity contribution in [2.75, 3.05) is 39.8 Å². The maximum atomic E-state index is 12.4. The standard InChI is InChI=1S/C19H32N6O/c1-5-9-24-10-8-19(7-6-18(24)26)14-23(12-11-22(19)4)13-17-21-20-15-25(17)16(2)3/h5,15-16H,1,6-14H2,2-4H3. The van der Waals surface area contributed by atoms with E-state index in [1.54, 1.807) is 0 Å². The van der Waals surface area contributed by atoms with Crippen molar-refractivity contribution >= 4 is 5.91 Å². The lowest BCUT2D eigenvalue weighted by Crippen LogP contribution is -2.60. The van der Waals surface area contributed by atoms with Crippen molar-refractivity contribution in [3.8, 4) is 0 Å². The van der Waals surface area contributed by atoms with Crippen LogP contribution in [0.1, 0.15) is 45.0 Å². The maximum Gasteiger partial charge on any atom is 0.222 e. The van der Waals surface area contributed by atoms with Crippen LogP contribution in [0.2, 0.25) is 0 Å². The van der Waals surface area contributed by atoms with Gasteiger partial charge in [-0.1, -0.05) is 6.08 Å². The molecule has 1 aromatic heterocycles. The topological polar surface area (TPSA) is 57.5 Å². The summed E-state index contributed by atoms with van der Waals surface area (Å²) in [5.74, 6) is 1.28. The lowest BCUT2D eigenvalue weighted by atomic mass is 9.86. The molecule has 2 fully saturated rings. The summed E-state index contributed by atoms with van der Waals surface area (Å²) in [5, 5.41) is 8.43. The van der Waals surface area contributed by atoms with Crippen LogP contribution in [0.5, 0.6) is 0 Å². The molecule has 3 rings (SSSR count). The van der Waals surface area contributed by atoms with Crippen LogP contribution in [0.3, 0.4) is 0 Å². The van der Waals surface area contributed by atoms with Gasteiger partial charge in [0, 0.05) is 50.7 Å². The summed E-state index contributed by atoms with van der Waals surface area (Å²) in [5.41, 5.74) is 0.0620. The van der Waals surface area contributed by atoms with Gasteiger partial charge in [0.05, 0.1) is 6.54 Å². The highest BCUT2D eigenvalue weighted by molar-refractivity contribution is 5.76. The Hall–Kier alpha value is -1.73. The zero-order chi connectivity index (χ0) is 18.7. The Labute approximate surface area is 156 Å².